The Balaban J connectivity index is 2.41. The van der Waals surface area contributed by atoms with Crippen molar-refractivity contribution in [1.82, 2.24) is 0 Å². The topological polar surface area (TPSA) is 122 Å². The molecule has 0 saturated heterocycles. The van der Waals surface area contributed by atoms with Crippen LogP contribution in [-0.4, -0.2) is 10.8 Å². The predicted octanol–water partition coefficient (Wildman–Crippen LogP) is 2.30. The number of nitrogens with one attached hydrogen (secondary N) is 1. The molecule has 0 spiro atoms. The highest BCUT2D eigenvalue weighted by Crippen LogP contribution is 2.27. The summed E-state index contributed by atoms with van der Waals surface area (Å²) in [5.74, 6) is -0.697. The molecule has 0 fully saturated rings. The Bertz CT molecular complexity index is 765. The molecular weight excluding hydrogens is 272 g/mol. The van der Waals surface area contributed by atoms with Crippen molar-refractivity contribution < 1.29 is 9.72 Å². The van der Waals surface area contributed by atoms with E-state index in [1.165, 1.54) is 30.3 Å². The molecule has 7 nitrogen and oxygen atoms in total. The minimum atomic E-state index is -0.708. The third-order valence-corrected chi connectivity index (χ3v) is 2.79. The number of hydrogen-bond donors (Lipinski definition) is 2. The average molecular weight is 282 g/mol. The second-order valence-corrected chi connectivity index (χ2v) is 4.11. The highest BCUT2D eigenvalue weighted by molar-refractivity contribution is 6.08. The normalized spacial score (nSPS) is 9.67. The summed E-state index contributed by atoms with van der Waals surface area (Å²) in [7, 11) is 0. The monoisotopic (exact) mass is 282 g/mol. The summed E-state index contributed by atoms with van der Waals surface area (Å²) in [6.07, 6.45) is 0. The van der Waals surface area contributed by atoms with Gasteiger partial charge in [-0.05, 0) is 24.3 Å². The van der Waals surface area contributed by atoms with E-state index in [9.17, 15) is 14.9 Å². The van der Waals surface area contributed by atoms with Crippen LogP contribution in [0.4, 0.5) is 17.1 Å². The Labute approximate surface area is 119 Å². The molecule has 0 unspecified atom stereocenters. The van der Waals surface area contributed by atoms with Gasteiger partial charge < -0.3 is 11.1 Å². The van der Waals surface area contributed by atoms with Gasteiger partial charge in [0.2, 0.25) is 0 Å². The predicted molar refractivity (Wildman–Crippen MR) is 76.6 cm³/mol. The number of nitrogens with zero attached hydrogens (tertiary/aromatic N) is 2. The van der Waals surface area contributed by atoms with Crippen molar-refractivity contribution in [2.24, 2.45) is 0 Å². The minimum absolute atomic E-state index is 0.0961. The van der Waals surface area contributed by atoms with Gasteiger partial charge in [-0.2, -0.15) is 5.26 Å². The maximum absolute atomic E-state index is 12.2. The number of carbonyl (C=O) groups is 1. The first-order valence-electron chi connectivity index (χ1n) is 5.88. The van der Waals surface area contributed by atoms with Crippen LogP contribution in [0.5, 0.6) is 0 Å². The van der Waals surface area contributed by atoms with Crippen molar-refractivity contribution in [3.63, 3.8) is 0 Å². The number of rotatable bonds is 3. The molecule has 0 radical (unpaired) electrons. The molecule has 2 aromatic rings. The summed E-state index contributed by atoms with van der Waals surface area (Å²) in [6.45, 7) is 0. The molecule has 0 bridgehead atoms. The van der Waals surface area contributed by atoms with Crippen LogP contribution in [0.15, 0.2) is 42.5 Å². The first kappa shape index (κ1) is 14.0. The van der Waals surface area contributed by atoms with Crippen molar-refractivity contribution >= 4 is 23.0 Å². The summed E-state index contributed by atoms with van der Waals surface area (Å²) >= 11 is 0. The van der Waals surface area contributed by atoms with E-state index in [4.69, 9.17) is 11.0 Å². The number of nitro groups is 1. The zero-order chi connectivity index (χ0) is 15.4. The van der Waals surface area contributed by atoms with Crippen molar-refractivity contribution in [2.75, 3.05) is 11.1 Å². The van der Waals surface area contributed by atoms with Gasteiger partial charge in [0.25, 0.3) is 5.91 Å². The van der Waals surface area contributed by atoms with E-state index in [1.807, 2.05) is 6.07 Å². The summed E-state index contributed by atoms with van der Waals surface area (Å²) in [4.78, 5) is 22.5. The van der Waals surface area contributed by atoms with Gasteiger partial charge in [0.05, 0.1) is 16.2 Å². The van der Waals surface area contributed by atoms with Crippen LogP contribution in [0.25, 0.3) is 0 Å². The van der Waals surface area contributed by atoms with Crippen LogP contribution in [0, 0.1) is 21.4 Å². The number of carbonyl (C=O) groups excluding carboxylic acids is 1. The smallest absolute Gasteiger partial charge is 0.304 e. The minimum Gasteiger partial charge on any atom is -0.393 e. The largest absolute Gasteiger partial charge is 0.393 e. The number of anilines is 2. The van der Waals surface area contributed by atoms with E-state index >= 15 is 0 Å². The average Bonchev–Trinajstić information content (AvgIpc) is 2.47. The Morgan fingerprint density at radius 2 is 1.95 bits per heavy atom. The van der Waals surface area contributed by atoms with Gasteiger partial charge in [-0.25, -0.2) is 0 Å². The van der Waals surface area contributed by atoms with Crippen LogP contribution < -0.4 is 11.1 Å². The molecule has 0 atom stereocenters. The van der Waals surface area contributed by atoms with Crippen LogP contribution in [0.3, 0.4) is 0 Å². The number of nitro benzene ring substituents is 1. The Kier molecular flexibility index (Phi) is 3.81. The van der Waals surface area contributed by atoms with Crippen molar-refractivity contribution in [2.45, 2.75) is 0 Å². The second kappa shape index (κ2) is 5.71. The number of nitrogens with two attached hydrogens (primary N) is 1. The third-order valence-electron chi connectivity index (χ3n) is 2.79. The number of amides is 1. The molecule has 0 aromatic heterocycles. The lowest BCUT2D eigenvalue weighted by Crippen LogP contribution is -2.15. The lowest BCUT2D eigenvalue weighted by molar-refractivity contribution is -0.384. The first-order chi connectivity index (χ1) is 10.0. The van der Waals surface area contributed by atoms with E-state index in [2.05, 4.69) is 5.32 Å². The molecule has 0 aliphatic carbocycles. The molecule has 104 valence electrons. The molecular formula is C14H10N4O3. The highest BCUT2D eigenvalue weighted by Gasteiger charge is 2.23. The number of hydrogen-bond acceptors (Lipinski definition) is 5. The number of nitrogen functional groups attached to an aromatic ring is 1. The maximum Gasteiger partial charge on any atom is 0.304 e. The fourth-order valence-corrected chi connectivity index (χ4v) is 1.83. The van der Waals surface area contributed by atoms with Gasteiger partial charge >= 0.3 is 5.69 Å². The van der Waals surface area contributed by atoms with E-state index in [0.717, 1.165) is 0 Å². The molecule has 2 rings (SSSR count). The Morgan fingerprint density at radius 1 is 1.24 bits per heavy atom. The molecule has 0 aliphatic heterocycles. The van der Waals surface area contributed by atoms with E-state index in [-0.39, 0.29) is 22.5 Å². The fourth-order valence-electron chi connectivity index (χ4n) is 1.83. The lowest BCUT2D eigenvalue weighted by Gasteiger charge is -2.08. The van der Waals surface area contributed by atoms with Crippen LogP contribution in [0.2, 0.25) is 0 Å². The SMILES string of the molecule is N#Cc1ccccc1NC(=O)c1cccc(N)c1[N+](=O)[O-]. The van der Waals surface area contributed by atoms with Crippen molar-refractivity contribution in [3.8, 4) is 6.07 Å². The lowest BCUT2D eigenvalue weighted by atomic mass is 10.1. The molecule has 0 aliphatic rings. The zero-order valence-electron chi connectivity index (χ0n) is 10.7. The standard InChI is InChI=1S/C14H10N4O3/c15-8-9-4-1-2-7-12(9)17-14(19)10-5-3-6-11(16)13(10)18(20)21/h1-7H,16H2,(H,17,19). The van der Waals surface area contributed by atoms with Gasteiger partial charge in [0, 0.05) is 0 Å². The van der Waals surface area contributed by atoms with Gasteiger partial charge in [0.1, 0.15) is 17.3 Å². The molecule has 0 heterocycles. The van der Waals surface area contributed by atoms with Crippen LogP contribution in [0.1, 0.15) is 15.9 Å². The van der Waals surface area contributed by atoms with Gasteiger partial charge in [-0.15, -0.1) is 0 Å². The van der Waals surface area contributed by atoms with Crippen LogP contribution in [-0.2, 0) is 0 Å². The van der Waals surface area contributed by atoms with E-state index < -0.39 is 16.5 Å². The second-order valence-electron chi connectivity index (χ2n) is 4.11. The van der Waals surface area contributed by atoms with Crippen molar-refractivity contribution in [3.05, 3.63) is 63.7 Å². The molecule has 2 aromatic carbocycles. The number of para-hydroxylation sites is 2. The van der Waals surface area contributed by atoms with Gasteiger partial charge in [-0.3, -0.25) is 14.9 Å². The third kappa shape index (κ3) is 2.79. The summed E-state index contributed by atoms with van der Waals surface area (Å²) in [5, 5.41) is 22.5. The molecule has 1 amide bonds. The maximum atomic E-state index is 12.2. The van der Waals surface area contributed by atoms with Gasteiger partial charge in [-0.1, -0.05) is 18.2 Å². The van der Waals surface area contributed by atoms with Crippen LogP contribution >= 0.6 is 0 Å². The van der Waals surface area contributed by atoms with E-state index in [0.29, 0.717) is 0 Å². The molecule has 21 heavy (non-hydrogen) atoms. The fraction of sp³-hybridized carbons (Fsp3) is 0. The molecule has 7 heteroatoms. The summed E-state index contributed by atoms with van der Waals surface area (Å²) < 4.78 is 0. The van der Waals surface area contributed by atoms with Gasteiger partial charge in [0.15, 0.2) is 0 Å². The molecule has 3 N–H and O–H groups in total. The van der Waals surface area contributed by atoms with E-state index in [1.54, 1.807) is 12.1 Å². The Hall–Kier alpha value is -3.40. The number of nitriles is 1. The summed E-state index contributed by atoms with van der Waals surface area (Å²) in [5.41, 5.74) is 5.37. The van der Waals surface area contributed by atoms with Crippen molar-refractivity contribution in [1.29, 1.82) is 5.26 Å². The summed E-state index contributed by atoms with van der Waals surface area (Å²) in [6, 6.07) is 12.4. The number of benzene rings is 2. The first-order valence-corrected chi connectivity index (χ1v) is 5.88. The highest BCUT2D eigenvalue weighted by atomic mass is 16.6. The quantitative estimate of drug-likeness (QED) is 0.508. The zero-order valence-corrected chi connectivity index (χ0v) is 10.7. The Morgan fingerprint density at radius 3 is 2.62 bits per heavy atom. The molecule has 0 saturated carbocycles.